The van der Waals surface area contributed by atoms with Gasteiger partial charge in [0.05, 0.1) is 11.2 Å². The molecule has 0 saturated carbocycles. The number of benzene rings is 3. The minimum absolute atomic E-state index is 0.0723. The molecule has 164 valence electrons. The average Bonchev–Trinajstić information content (AvgIpc) is 3.16. The van der Waals surface area contributed by atoms with E-state index < -0.39 is 0 Å². The molecule has 6 nitrogen and oxygen atoms in total. The van der Waals surface area contributed by atoms with Crippen molar-refractivity contribution in [2.75, 3.05) is 31.1 Å². The van der Waals surface area contributed by atoms with Crippen molar-refractivity contribution in [3.05, 3.63) is 83.0 Å². The van der Waals surface area contributed by atoms with Gasteiger partial charge in [-0.05, 0) is 42.0 Å². The van der Waals surface area contributed by atoms with Gasteiger partial charge < -0.3 is 9.80 Å². The Morgan fingerprint density at radius 2 is 1.64 bits per heavy atom. The monoisotopic (exact) mass is 455 g/mol. The van der Waals surface area contributed by atoms with Crippen LogP contribution in [0.5, 0.6) is 0 Å². The highest BCUT2D eigenvalue weighted by atomic mass is 35.5. The molecule has 0 atom stereocenters. The lowest BCUT2D eigenvalue weighted by Crippen LogP contribution is -2.49. The molecule has 7 heteroatoms. The summed E-state index contributed by atoms with van der Waals surface area (Å²) in [6.07, 6.45) is 0. The van der Waals surface area contributed by atoms with Gasteiger partial charge >= 0.3 is 0 Å². The van der Waals surface area contributed by atoms with E-state index in [1.807, 2.05) is 70.9 Å². The smallest absolute Gasteiger partial charge is 0.253 e. The summed E-state index contributed by atoms with van der Waals surface area (Å²) < 4.78 is 1.82. The number of hydrogen-bond donors (Lipinski definition) is 0. The highest BCUT2D eigenvalue weighted by molar-refractivity contribution is 6.34. The van der Waals surface area contributed by atoms with E-state index in [4.69, 9.17) is 16.6 Å². The number of halogens is 1. The van der Waals surface area contributed by atoms with Crippen LogP contribution in [0.1, 0.15) is 16.1 Å². The van der Waals surface area contributed by atoms with Crippen LogP contribution >= 0.6 is 11.6 Å². The predicted molar refractivity (Wildman–Crippen MR) is 132 cm³/mol. The first-order valence-corrected chi connectivity index (χ1v) is 11.4. The van der Waals surface area contributed by atoms with Crippen molar-refractivity contribution in [1.82, 2.24) is 19.5 Å². The van der Waals surface area contributed by atoms with Gasteiger partial charge in [-0.25, -0.2) is 9.50 Å². The molecule has 0 N–H and O–H groups in total. The number of piperazine rings is 1. The van der Waals surface area contributed by atoms with Crippen LogP contribution in [0.15, 0.2) is 66.7 Å². The maximum Gasteiger partial charge on any atom is 0.253 e. The first kappa shape index (κ1) is 20.0. The fraction of sp³-hybridized carbons (Fsp3) is 0.192. The Morgan fingerprint density at radius 1 is 0.909 bits per heavy atom. The number of anilines is 1. The Bertz CT molecular complexity index is 1530. The molecule has 1 aliphatic heterocycles. The zero-order chi connectivity index (χ0) is 22.5. The van der Waals surface area contributed by atoms with Crippen molar-refractivity contribution in [1.29, 1.82) is 0 Å². The third-order valence-electron chi connectivity index (χ3n) is 6.41. The SMILES string of the molecule is Cc1nn2c(nc(N3CCN(C(=O)c4ccc5ccccc5c4)CC3)c3ccccc32)c1Cl. The second-order valence-electron chi connectivity index (χ2n) is 8.43. The van der Waals surface area contributed by atoms with Gasteiger partial charge in [0.2, 0.25) is 0 Å². The van der Waals surface area contributed by atoms with Gasteiger partial charge in [0, 0.05) is 37.1 Å². The Hall–Kier alpha value is -3.64. The standard InChI is InChI=1S/C26H22ClN5O/c1-17-23(27)25-28-24(21-8-4-5-9-22(21)32(25)29-17)30-12-14-31(15-13-30)26(33)20-11-10-18-6-2-3-7-19(18)16-20/h2-11,16H,12-15H2,1H3. The van der Waals surface area contributed by atoms with E-state index in [1.54, 1.807) is 0 Å². The number of fused-ring (bicyclic) bond motifs is 4. The van der Waals surface area contributed by atoms with Crippen molar-refractivity contribution < 1.29 is 4.79 Å². The van der Waals surface area contributed by atoms with Crippen LogP contribution in [0.4, 0.5) is 5.82 Å². The molecular weight excluding hydrogens is 434 g/mol. The molecule has 0 spiro atoms. The van der Waals surface area contributed by atoms with Crippen molar-refractivity contribution in [2.45, 2.75) is 6.92 Å². The fourth-order valence-corrected chi connectivity index (χ4v) is 4.80. The number of aryl methyl sites for hydroxylation is 1. The molecule has 33 heavy (non-hydrogen) atoms. The van der Waals surface area contributed by atoms with E-state index in [1.165, 1.54) is 0 Å². The maximum absolute atomic E-state index is 13.2. The van der Waals surface area contributed by atoms with Crippen LogP contribution in [-0.2, 0) is 0 Å². The van der Waals surface area contributed by atoms with E-state index in [0.29, 0.717) is 36.8 Å². The van der Waals surface area contributed by atoms with Gasteiger partial charge in [-0.1, -0.05) is 54.1 Å². The Balaban J connectivity index is 1.29. The van der Waals surface area contributed by atoms with Gasteiger partial charge in [0.1, 0.15) is 10.8 Å². The van der Waals surface area contributed by atoms with Gasteiger partial charge in [-0.2, -0.15) is 5.10 Å². The summed E-state index contributed by atoms with van der Waals surface area (Å²) in [5.41, 5.74) is 3.13. The van der Waals surface area contributed by atoms with Gasteiger partial charge in [0.25, 0.3) is 5.91 Å². The number of carbonyl (C=O) groups is 1. The molecule has 1 fully saturated rings. The molecule has 3 heterocycles. The van der Waals surface area contributed by atoms with Crippen molar-refractivity contribution >= 4 is 50.6 Å². The first-order chi connectivity index (χ1) is 16.1. The summed E-state index contributed by atoms with van der Waals surface area (Å²) in [6.45, 7) is 4.58. The largest absolute Gasteiger partial charge is 0.352 e. The molecule has 0 aliphatic carbocycles. The normalized spacial score (nSPS) is 14.5. The van der Waals surface area contributed by atoms with Crippen LogP contribution < -0.4 is 4.90 Å². The van der Waals surface area contributed by atoms with Crippen LogP contribution in [0.3, 0.4) is 0 Å². The molecule has 5 aromatic rings. The highest BCUT2D eigenvalue weighted by Gasteiger charge is 2.25. The molecule has 1 saturated heterocycles. The Labute approximate surface area is 196 Å². The Kier molecular flexibility index (Phi) is 4.69. The number of aromatic nitrogens is 3. The summed E-state index contributed by atoms with van der Waals surface area (Å²) >= 11 is 6.51. The van der Waals surface area contributed by atoms with Crippen LogP contribution in [0.2, 0.25) is 5.02 Å². The summed E-state index contributed by atoms with van der Waals surface area (Å²) in [6, 6.07) is 22.1. The topological polar surface area (TPSA) is 53.7 Å². The number of rotatable bonds is 2. The lowest BCUT2D eigenvalue weighted by molar-refractivity contribution is 0.0747. The van der Waals surface area contributed by atoms with E-state index >= 15 is 0 Å². The number of carbonyl (C=O) groups excluding carboxylic acids is 1. The van der Waals surface area contributed by atoms with Gasteiger partial charge in [0.15, 0.2) is 5.65 Å². The number of hydrogen-bond acceptors (Lipinski definition) is 4. The highest BCUT2D eigenvalue weighted by Crippen LogP contribution is 2.31. The zero-order valence-corrected chi connectivity index (χ0v) is 19.0. The summed E-state index contributed by atoms with van der Waals surface area (Å²) in [5, 5.41) is 8.39. The number of amides is 1. The van der Waals surface area contributed by atoms with Crippen molar-refractivity contribution in [3.63, 3.8) is 0 Å². The third-order valence-corrected chi connectivity index (χ3v) is 6.85. The minimum atomic E-state index is 0.0723. The van der Waals surface area contributed by atoms with E-state index in [0.717, 1.165) is 38.8 Å². The molecule has 1 aliphatic rings. The molecule has 1 amide bonds. The average molecular weight is 456 g/mol. The van der Waals surface area contributed by atoms with Gasteiger partial charge in [-0.15, -0.1) is 0 Å². The zero-order valence-electron chi connectivity index (χ0n) is 18.2. The molecule has 3 aromatic carbocycles. The predicted octanol–water partition coefficient (Wildman–Crippen LogP) is 4.96. The molecule has 6 rings (SSSR count). The molecule has 0 radical (unpaired) electrons. The number of nitrogens with zero attached hydrogens (tertiary/aromatic N) is 5. The molecule has 0 unspecified atom stereocenters. The summed E-state index contributed by atoms with van der Waals surface area (Å²) in [4.78, 5) is 22.3. The second-order valence-corrected chi connectivity index (χ2v) is 8.81. The lowest BCUT2D eigenvalue weighted by atomic mass is 10.1. The Morgan fingerprint density at radius 3 is 2.45 bits per heavy atom. The third kappa shape index (κ3) is 3.29. The quantitative estimate of drug-likeness (QED) is 0.377. The van der Waals surface area contributed by atoms with E-state index in [-0.39, 0.29) is 5.91 Å². The fourth-order valence-electron chi connectivity index (χ4n) is 4.64. The van der Waals surface area contributed by atoms with Crippen LogP contribution in [0, 0.1) is 6.92 Å². The summed E-state index contributed by atoms with van der Waals surface area (Å²) in [7, 11) is 0. The lowest BCUT2D eigenvalue weighted by Gasteiger charge is -2.36. The van der Waals surface area contributed by atoms with Crippen LogP contribution in [-0.4, -0.2) is 51.6 Å². The van der Waals surface area contributed by atoms with E-state index in [2.05, 4.69) is 22.1 Å². The molecular formula is C26H22ClN5O. The minimum Gasteiger partial charge on any atom is -0.352 e. The van der Waals surface area contributed by atoms with Crippen molar-refractivity contribution in [2.24, 2.45) is 0 Å². The molecule has 2 aromatic heterocycles. The molecule has 0 bridgehead atoms. The number of para-hydroxylation sites is 1. The van der Waals surface area contributed by atoms with Gasteiger partial charge in [-0.3, -0.25) is 4.79 Å². The second kappa shape index (κ2) is 7.74. The van der Waals surface area contributed by atoms with E-state index in [9.17, 15) is 4.79 Å². The van der Waals surface area contributed by atoms with Crippen LogP contribution in [0.25, 0.3) is 27.3 Å². The first-order valence-electron chi connectivity index (χ1n) is 11.1. The van der Waals surface area contributed by atoms with Crippen molar-refractivity contribution in [3.8, 4) is 0 Å². The summed E-state index contributed by atoms with van der Waals surface area (Å²) in [5.74, 6) is 0.959. The maximum atomic E-state index is 13.2.